The summed E-state index contributed by atoms with van der Waals surface area (Å²) in [4.78, 5) is 4.77. The number of hydrogen-bond acceptors (Lipinski definition) is 5. The Morgan fingerprint density at radius 1 is 0.529 bits per heavy atom. The lowest BCUT2D eigenvalue weighted by molar-refractivity contribution is 0.332. The van der Waals surface area contributed by atoms with Gasteiger partial charge in [-0.3, -0.25) is 0 Å². The number of hydrogen-bond donors (Lipinski definition) is 0. The van der Waals surface area contributed by atoms with Crippen molar-refractivity contribution in [3.05, 3.63) is 301 Å². The highest BCUT2D eigenvalue weighted by molar-refractivity contribution is 7.00. The third-order valence-electron chi connectivity index (χ3n) is 18.2. The molecule has 0 spiro atoms. The summed E-state index contributed by atoms with van der Waals surface area (Å²) < 4.78 is 25.3. The molecule has 0 radical (unpaired) electrons. The summed E-state index contributed by atoms with van der Waals surface area (Å²) in [5.41, 5.74) is 21.5. The van der Waals surface area contributed by atoms with Gasteiger partial charge in [0, 0.05) is 45.2 Å². The second-order valence-corrected chi connectivity index (χ2v) is 24.2. The lowest BCUT2D eigenvalue weighted by Crippen LogP contribution is -2.49. The highest BCUT2D eigenvalue weighted by Gasteiger charge is 2.45. The van der Waals surface area contributed by atoms with Gasteiger partial charge < -0.3 is 9.80 Å². The molecule has 11 aromatic carbocycles. The molecule has 2 heterocycles. The van der Waals surface area contributed by atoms with Crippen molar-refractivity contribution in [2.45, 2.75) is 45.1 Å². The first-order valence-corrected chi connectivity index (χ1v) is 30.3. The largest absolute Gasteiger partial charge is 0.334 e. The standard InChI is InChI=1S/C79H61FN4S/c1-51-15-4-7-20-67(51)54-37-41-64(42-38-54)83(66-19-14-18-60(49-66)68-21-8-11-24-73(68)80)76-44-43-69(77-78(76)82-85-81-77)55-29-27-52(28-30-55)45-61-33-32-59(50-70(61)62-34-31-58-46-56-16-5-6-17-57(56)47-63(58)48-62)53-35-39-65(40-36-53)84-74-25-12-9-22-71(74)79(2,3)72-23-10-13-26-75(72)84/h4-14,16-44,46-51,71,74H,15,45H2,1-3H3. The predicted octanol–water partition coefficient (Wildman–Crippen LogP) is 21.4. The first kappa shape index (κ1) is 52.1. The third-order valence-corrected chi connectivity index (χ3v) is 18.7. The number of nitrogens with zero attached hydrogens (tertiary/aromatic N) is 4. The molecular formula is C79H61FN4S. The fourth-order valence-electron chi connectivity index (χ4n) is 13.6. The van der Waals surface area contributed by atoms with E-state index in [1.807, 2.05) is 24.3 Å². The zero-order chi connectivity index (χ0) is 57.2. The van der Waals surface area contributed by atoms with Crippen molar-refractivity contribution in [1.82, 2.24) is 8.75 Å². The van der Waals surface area contributed by atoms with Gasteiger partial charge in [-0.25, -0.2) is 4.39 Å². The Kier molecular flexibility index (Phi) is 13.1. The smallest absolute Gasteiger partial charge is 0.131 e. The molecule has 4 nitrogen and oxygen atoms in total. The average Bonchev–Trinajstić information content (AvgIpc) is 1.39. The van der Waals surface area contributed by atoms with Crippen molar-refractivity contribution in [2.75, 3.05) is 9.80 Å². The number of fused-ring (bicyclic) bond motifs is 5. The predicted molar refractivity (Wildman–Crippen MR) is 356 cm³/mol. The van der Waals surface area contributed by atoms with Crippen molar-refractivity contribution in [2.24, 2.45) is 11.8 Å². The number of allylic oxidation sites excluding steroid dienone is 6. The molecule has 12 aromatic rings. The van der Waals surface area contributed by atoms with Gasteiger partial charge in [-0.2, -0.15) is 8.75 Å². The van der Waals surface area contributed by atoms with E-state index in [-0.39, 0.29) is 17.3 Å². The number of rotatable bonds is 11. The second-order valence-electron chi connectivity index (χ2n) is 23.6. The Morgan fingerprint density at radius 2 is 1.22 bits per heavy atom. The van der Waals surface area contributed by atoms with Crippen molar-refractivity contribution in [1.29, 1.82) is 0 Å². The average molecular weight is 1120 g/mol. The third kappa shape index (κ3) is 9.48. The fraction of sp³-hybridized carbons (Fsp3) is 0.114. The molecular weight excluding hydrogens is 1060 g/mol. The quantitative estimate of drug-likeness (QED) is 0.121. The molecule has 0 N–H and O–H groups in total. The Balaban J connectivity index is 0.769. The summed E-state index contributed by atoms with van der Waals surface area (Å²) in [6.45, 7) is 7.06. The van der Waals surface area contributed by atoms with Crippen LogP contribution in [0.2, 0.25) is 0 Å². The van der Waals surface area contributed by atoms with Crippen LogP contribution in [-0.2, 0) is 11.8 Å². The minimum absolute atomic E-state index is 0.00106. The Labute approximate surface area is 500 Å². The minimum Gasteiger partial charge on any atom is -0.334 e. The van der Waals surface area contributed by atoms with Crippen LogP contribution < -0.4 is 9.80 Å². The molecule has 410 valence electrons. The first-order chi connectivity index (χ1) is 41.7. The zero-order valence-corrected chi connectivity index (χ0v) is 48.5. The van der Waals surface area contributed by atoms with Crippen molar-refractivity contribution in [3.63, 3.8) is 0 Å². The van der Waals surface area contributed by atoms with Crippen LogP contribution in [0.5, 0.6) is 0 Å². The van der Waals surface area contributed by atoms with Gasteiger partial charge in [-0.1, -0.05) is 209 Å². The monoisotopic (exact) mass is 1120 g/mol. The van der Waals surface area contributed by atoms with Gasteiger partial charge in [0.05, 0.1) is 23.5 Å². The highest BCUT2D eigenvalue weighted by atomic mass is 32.1. The molecule has 0 amide bonds. The maximum Gasteiger partial charge on any atom is 0.131 e. The van der Waals surface area contributed by atoms with E-state index in [2.05, 4.69) is 267 Å². The van der Waals surface area contributed by atoms with Gasteiger partial charge in [0.1, 0.15) is 16.9 Å². The number of halogens is 1. The summed E-state index contributed by atoms with van der Waals surface area (Å²) in [6.07, 6.45) is 17.6. The molecule has 6 heteroatoms. The van der Waals surface area contributed by atoms with Gasteiger partial charge in [0.25, 0.3) is 0 Å². The molecule has 3 unspecified atom stereocenters. The van der Waals surface area contributed by atoms with Crippen LogP contribution in [0.4, 0.5) is 32.8 Å². The molecule has 1 aliphatic heterocycles. The molecule has 3 aliphatic rings. The van der Waals surface area contributed by atoms with E-state index in [0.717, 1.165) is 57.6 Å². The van der Waals surface area contributed by atoms with E-state index in [1.54, 1.807) is 6.07 Å². The molecule has 15 rings (SSSR count). The highest BCUT2D eigenvalue weighted by Crippen LogP contribution is 2.51. The van der Waals surface area contributed by atoms with E-state index in [0.29, 0.717) is 17.4 Å². The van der Waals surface area contributed by atoms with E-state index >= 15 is 4.39 Å². The minimum atomic E-state index is -0.256. The number of benzene rings is 11. The van der Waals surface area contributed by atoms with Crippen molar-refractivity contribution < 1.29 is 4.39 Å². The maximum absolute atomic E-state index is 15.4. The molecule has 85 heavy (non-hydrogen) atoms. The molecule has 3 atom stereocenters. The molecule has 1 aromatic heterocycles. The Hall–Kier alpha value is -9.75. The number of para-hydroxylation sites is 1. The van der Waals surface area contributed by atoms with Crippen LogP contribution >= 0.6 is 11.7 Å². The van der Waals surface area contributed by atoms with Gasteiger partial charge in [-0.15, -0.1) is 0 Å². The molecule has 0 saturated carbocycles. The summed E-state index contributed by atoms with van der Waals surface area (Å²) in [6, 6.07) is 82.8. The fourth-order valence-corrected chi connectivity index (χ4v) is 14.2. The van der Waals surface area contributed by atoms with Crippen LogP contribution in [0.25, 0.3) is 82.7 Å². The van der Waals surface area contributed by atoms with Gasteiger partial charge in [-0.05, 0) is 186 Å². The Morgan fingerprint density at radius 3 is 2.05 bits per heavy atom. The number of aromatic nitrogens is 2. The van der Waals surface area contributed by atoms with Crippen LogP contribution in [0.3, 0.4) is 0 Å². The van der Waals surface area contributed by atoms with Crippen molar-refractivity contribution in [3.8, 4) is 44.5 Å². The Bertz CT molecular complexity index is 4680. The summed E-state index contributed by atoms with van der Waals surface area (Å²) in [5.74, 6) is 0.523. The van der Waals surface area contributed by atoms with Crippen LogP contribution in [0, 0.1) is 17.7 Å². The summed E-state index contributed by atoms with van der Waals surface area (Å²) >= 11 is 1.22. The number of anilines is 5. The van der Waals surface area contributed by atoms with Gasteiger partial charge in [0.2, 0.25) is 0 Å². The van der Waals surface area contributed by atoms with Crippen molar-refractivity contribution >= 4 is 78.3 Å². The van der Waals surface area contributed by atoms with E-state index in [4.69, 9.17) is 8.75 Å². The van der Waals surface area contributed by atoms with Gasteiger partial charge in [0.15, 0.2) is 0 Å². The zero-order valence-electron chi connectivity index (χ0n) is 47.7. The molecule has 0 fully saturated rings. The lowest BCUT2D eigenvalue weighted by Gasteiger charge is -2.50. The topological polar surface area (TPSA) is 32.3 Å². The van der Waals surface area contributed by atoms with Crippen LogP contribution in [0.15, 0.2) is 273 Å². The molecule has 0 saturated heterocycles. The maximum atomic E-state index is 15.4. The first-order valence-electron chi connectivity index (χ1n) is 29.6. The summed E-state index contributed by atoms with van der Waals surface area (Å²) in [5, 5.41) is 4.94. The van der Waals surface area contributed by atoms with E-state index in [9.17, 15) is 0 Å². The normalized spacial score (nSPS) is 16.8. The van der Waals surface area contributed by atoms with E-state index < -0.39 is 0 Å². The SMILES string of the molecule is CC1CC=CC=C1c1ccc(N(c2cccc(-c3ccccc3F)c2)c2ccc(-c3ccc(Cc4ccc(-c5ccc(N6c7ccccc7C(C)(C)C7C=CC=CC76)cc5)cc4-c4ccc5cc6ccccc6cc5c4)cc3)c3nsnc23)cc1. The molecule has 0 bridgehead atoms. The van der Waals surface area contributed by atoms with Crippen LogP contribution in [-0.4, -0.2) is 14.8 Å². The lowest BCUT2D eigenvalue weighted by atomic mass is 9.65. The van der Waals surface area contributed by atoms with Gasteiger partial charge >= 0.3 is 0 Å². The second kappa shape index (κ2) is 21.5. The summed E-state index contributed by atoms with van der Waals surface area (Å²) in [7, 11) is 0. The van der Waals surface area contributed by atoms with Crippen LogP contribution in [0.1, 0.15) is 49.4 Å². The molecule has 2 aliphatic carbocycles. The van der Waals surface area contributed by atoms with E-state index in [1.165, 1.54) is 101 Å².